The Kier molecular flexibility index (Phi) is 14.7. The molecule has 0 unspecified atom stereocenters. The van der Waals surface area contributed by atoms with E-state index in [0.29, 0.717) is 19.8 Å². The van der Waals surface area contributed by atoms with Gasteiger partial charge in [-0.1, -0.05) is 122 Å². The van der Waals surface area contributed by atoms with Crippen LogP contribution in [0.1, 0.15) is 61.2 Å². The highest BCUT2D eigenvalue weighted by molar-refractivity contribution is 5.78. The number of nitrogens with zero attached hydrogens (tertiary/aromatic N) is 2. The number of benzene rings is 8. The standard InChI is InChI=1S/C62H60N2O2/c1-7-49-11-15-54(16-12-49)43-65-44-55-23-35-59(36-24-55)64(61-28-10-46(4)48(6)42-61)57-31-19-52(20-32-57)14-13-51-17-29-56(30-18-51)63(60-27-9-45(3)47(5)41-60)58-33-21-53(22-34-58)39-40-66-62-37-25-50(8-2)26-38-62/h7-12,15-38,41-42H,1-2,13-14,39-40,43-44H2,3-6H3. The third-order valence-corrected chi connectivity index (χ3v) is 12.5. The van der Waals surface area contributed by atoms with Gasteiger partial charge < -0.3 is 19.3 Å². The van der Waals surface area contributed by atoms with E-state index in [1.807, 2.05) is 36.4 Å². The summed E-state index contributed by atoms with van der Waals surface area (Å²) in [5, 5.41) is 0. The summed E-state index contributed by atoms with van der Waals surface area (Å²) in [4.78, 5) is 4.69. The van der Waals surface area contributed by atoms with E-state index in [-0.39, 0.29) is 0 Å². The molecule has 0 spiro atoms. The van der Waals surface area contributed by atoms with Crippen LogP contribution in [0.3, 0.4) is 0 Å². The lowest BCUT2D eigenvalue weighted by molar-refractivity contribution is 0.107. The van der Waals surface area contributed by atoms with E-state index in [9.17, 15) is 0 Å². The second-order valence-electron chi connectivity index (χ2n) is 17.2. The van der Waals surface area contributed by atoms with Gasteiger partial charge in [-0.25, -0.2) is 0 Å². The molecule has 0 aliphatic heterocycles. The molecular weight excluding hydrogens is 805 g/mol. The largest absolute Gasteiger partial charge is 0.493 e. The van der Waals surface area contributed by atoms with Crippen molar-refractivity contribution in [1.29, 1.82) is 0 Å². The van der Waals surface area contributed by atoms with Gasteiger partial charge in [0.2, 0.25) is 0 Å². The Labute approximate surface area is 392 Å². The number of hydrogen-bond donors (Lipinski definition) is 0. The summed E-state index contributed by atoms with van der Waals surface area (Å²) in [5.41, 5.74) is 20.2. The van der Waals surface area contributed by atoms with Crippen LogP contribution in [0.4, 0.5) is 34.1 Å². The molecule has 0 heterocycles. The van der Waals surface area contributed by atoms with Crippen molar-refractivity contribution in [2.24, 2.45) is 0 Å². The maximum Gasteiger partial charge on any atom is 0.119 e. The molecule has 4 heteroatoms. The van der Waals surface area contributed by atoms with Crippen molar-refractivity contribution in [2.45, 2.75) is 60.2 Å². The summed E-state index contributed by atoms with van der Waals surface area (Å²) in [5.74, 6) is 0.874. The molecule has 0 aliphatic rings. The molecule has 8 aromatic carbocycles. The van der Waals surface area contributed by atoms with Crippen molar-refractivity contribution < 1.29 is 9.47 Å². The van der Waals surface area contributed by atoms with E-state index in [0.717, 1.165) is 81.4 Å². The van der Waals surface area contributed by atoms with Crippen molar-refractivity contribution in [2.75, 3.05) is 16.4 Å². The smallest absolute Gasteiger partial charge is 0.119 e. The molecule has 0 radical (unpaired) electrons. The highest BCUT2D eigenvalue weighted by Gasteiger charge is 2.16. The number of rotatable bonds is 19. The average Bonchev–Trinajstić information content (AvgIpc) is 3.35. The maximum absolute atomic E-state index is 6.09. The first-order valence-corrected chi connectivity index (χ1v) is 23.0. The predicted molar refractivity (Wildman–Crippen MR) is 279 cm³/mol. The number of hydrogen-bond acceptors (Lipinski definition) is 4. The van der Waals surface area contributed by atoms with E-state index < -0.39 is 0 Å². The summed E-state index contributed by atoms with van der Waals surface area (Å²) in [6.07, 6.45) is 6.42. The summed E-state index contributed by atoms with van der Waals surface area (Å²) in [6, 6.07) is 65.5. The van der Waals surface area contributed by atoms with Crippen LogP contribution >= 0.6 is 0 Å². The lowest BCUT2D eigenvalue weighted by atomic mass is 10.0. The second-order valence-corrected chi connectivity index (χ2v) is 17.2. The van der Waals surface area contributed by atoms with Crippen molar-refractivity contribution in [3.63, 3.8) is 0 Å². The molecule has 0 aliphatic carbocycles. The lowest BCUT2D eigenvalue weighted by Gasteiger charge is -2.27. The molecule has 0 fully saturated rings. The minimum absolute atomic E-state index is 0.550. The Morgan fingerprint density at radius 1 is 0.364 bits per heavy atom. The first kappa shape index (κ1) is 45.2. The van der Waals surface area contributed by atoms with Gasteiger partial charge in [-0.05, 0) is 187 Å². The Hall–Kier alpha value is -7.40. The van der Waals surface area contributed by atoms with E-state index >= 15 is 0 Å². The summed E-state index contributed by atoms with van der Waals surface area (Å²) in [7, 11) is 0. The molecule has 0 saturated carbocycles. The van der Waals surface area contributed by atoms with Crippen molar-refractivity contribution in [3.05, 3.63) is 256 Å². The predicted octanol–water partition coefficient (Wildman–Crippen LogP) is 16.3. The molecule has 0 aromatic heterocycles. The molecule has 0 atom stereocenters. The first-order valence-electron chi connectivity index (χ1n) is 23.0. The molecular formula is C62H60N2O2. The summed E-state index contributed by atoms with van der Waals surface area (Å²) < 4.78 is 12.1. The quantitative estimate of drug-likeness (QED) is 0.0808. The second kappa shape index (κ2) is 21.5. The molecule has 4 nitrogen and oxygen atoms in total. The third kappa shape index (κ3) is 11.5. The molecule has 8 rings (SSSR count). The van der Waals surface area contributed by atoms with Gasteiger partial charge in [0.25, 0.3) is 0 Å². The first-order chi connectivity index (χ1) is 32.2. The van der Waals surface area contributed by atoms with Gasteiger partial charge >= 0.3 is 0 Å². The molecule has 330 valence electrons. The highest BCUT2D eigenvalue weighted by Crippen LogP contribution is 2.38. The van der Waals surface area contributed by atoms with Crippen LogP contribution in [0.2, 0.25) is 0 Å². The Bertz CT molecular complexity index is 2640. The van der Waals surface area contributed by atoms with E-state index in [4.69, 9.17) is 9.47 Å². The van der Waals surface area contributed by atoms with Crippen LogP contribution in [0.15, 0.2) is 195 Å². The van der Waals surface area contributed by atoms with Crippen LogP contribution in [0.5, 0.6) is 5.75 Å². The van der Waals surface area contributed by atoms with Crippen LogP contribution < -0.4 is 14.5 Å². The fourth-order valence-corrected chi connectivity index (χ4v) is 8.11. The van der Waals surface area contributed by atoms with Gasteiger partial charge in [-0.2, -0.15) is 0 Å². The van der Waals surface area contributed by atoms with Gasteiger partial charge in [0.05, 0.1) is 19.8 Å². The minimum Gasteiger partial charge on any atom is -0.493 e. The zero-order valence-corrected chi connectivity index (χ0v) is 38.8. The minimum atomic E-state index is 0.550. The van der Waals surface area contributed by atoms with Gasteiger partial charge in [0.1, 0.15) is 5.75 Å². The maximum atomic E-state index is 6.09. The topological polar surface area (TPSA) is 24.9 Å². The van der Waals surface area contributed by atoms with Gasteiger partial charge in [-0.15, -0.1) is 0 Å². The van der Waals surface area contributed by atoms with E-state index in [1.54, 1.807) is 0 Å². The molecule has 0 amide bonds. The van der Waals surface area contributed by atoms with Crippen LogP contribution in [0.25, 0.3) is 12.2 Å². The SMILES string of the molecule is C=Cc1ccc(COCc2ccc(N(c3ccc(CCc4ccc(N(c5ccc(CCOc6ccc(C=C)cc6)cc5)c5ccc(C)c(C)c5)cc4)cc3)c3ccc(C)c(C)c3)cc2)cc1. The third-order valence-electron chi connectivity index (χ3n) is 12.5. The van der Waals surface area contributed by atoms with Crippen LogP contribution in [-0.2, 0) is 37.2 Å². The Morgan fingerprint density at radius 2 is 0.697 bits per heavy atom. The average molecular weight is 865 g/mol. The summed E-state index contributed by atoms with van der Waals surface area (Å²) >= 11 is 0. The van der Waals surface area contributed by atoms with Crippen LogP contribution in [0, 0.1) is 27.7 Å². The Balaban J connectivity index is 0.930. The number of anilines is 6. The van der Waals surface area contributed by atoms with Crippen molar-refractivity contribution in [1.82, 2.24) is 0 Å². The van der Waals surface area contributed by atoms with Crippen molar-refractivity contribution >= 4 is 46.3 Å². The molecule has 8 aromatic rings. The normalized spacial score (nSPS) is 11.0. The van der Waals surface area contributed by atoms with Gasteiger partial charge in [0, 0.05) is 40.5 Å². The zero-order valence-electron chi connectivity index (χ0n) is 38.8. The molecule has 0 saturated heterocycles. The van der Waals surface area contributed by atoms with E-state index in [2.05, 4.69) is 208 Å². The van der Waals surface area contributed by atoms with Gasteiger partial charge in [-0.3, -0.25) is 0 Å². The Morgan fingerprint density at radius 3 is 1.08 bits per heavy atom. The van der Waals surface area contributed by atoms with Crippen molar-refractivity contribution in [3.8, 4) is 5.75 Å². The molecule has 0 bridgehead atoms. The fraction of sp³-hybridized carbons (Fsp3) is 0.161. The zero-order chi connectivity index (χ0) is 45.8. The monoisotopic (exact) mass is 864 g/mol. The van der Waals surface area contributed by atoms with E-state index in [1.165, 1.54) is 38.9 Å². The molecule has 0 N–H and O–H groups in total. The lowest BCUT2D eigenvalue weighted by Crippen LogP contribution is -2.11. The number of ether oxygens (including phenoxy) is 2. The van der Waals surface area contributed by atoms with Crippen LogP contribution in [-0.4, -0.2) is 6.61 Å². The number of aryl methyl sites for hydroxylation is 6. The fourth-order valence-electron chi connectivity index (χ4n) is 8.11. The highest BCUT2D eigenvalue weighted by atomic mass is 16.5. The summed E-state index contributed by atoms with van der Waals surface area (Å²) in [6.45, 7) is 18.1. The van der Waals surface area contributed by atoms with Gasteiger partial charge in [0.15, 0.2) is 0 Å². The molecule has 66 heavy (non-hydrogen) atoms.